The molecule has 0 spiro atoms. The molecule has 1 aliphatic carbocycles. The second-order valence-corrected chi connectivity index (χ2v) is 6.71. The maximum atomic E-state index is 6.35. The fraction of sp³-hybridized carbons (Fsp3) is 0.647. The van der Waals surface area contributed by atoms with Crippen LogP contribution < -0.4 is 10.5 Å². The highest BCUT2D eigenvalue weighted by atomic mass is 35.5. The van der Waals surface area contributed by atoms with Gasteiger partial charge >= 0.3 is 0 Å². The highest BCUT2D eigenvalue weighted by Crippen LogP contribution is 2.42. The number of likely N-dealkylation sites (tertiary alicyclic amines) is 1. The standard InChI is InChI=1S/C17H25ClN2O/c1-21-16-8-5-12(10-15(16)18)17-13(11-19)4-2-3-9-20(17)14-6-7-14/h5,8,10,13-14,17H,2-4,6-7,9,11,19H2,1H3. The Morgan fingerprint density at radius 2 is 2.10 bits per heavy atom. The van der Waals surface area contributed by atoms with Crippen LogP contribution in [0.3, 0.4) is 0 Å². The van der Waals surface area contributed by atoms with E-state index in [-0.39, 0.29) is 0 Å². The predicted molar refractivity (Wildman–Crippen MR) is 86.9 cm³/mol. The fourth-order valence-electron chi connectivity index (χ4n) is 3.66. The summed E-state index contributed by atoms with van der Waals surface area (Å²) in [5.41, 5.74) is 7.39. The lowest BCUT2D eigenvalue weighted by atomic mass is 9.89. The van der Waals surface area contributed by atoms with Gasteiger partial charge in [0.25, 0.3) is 0 Å². The lowest BCUT2D eigenvalue weighted by Gasteiger charge is -2.35. The van der Waals surface area contributed by atoms with Gasteiger partial charge in [-0.05, 0) is 62.4 Å². The maximum absolute atomic E-state index is 6.35. The van der Waals surface area contributed by atoms with E-state index in [9.17, 15) is 0 Å². The summed E-state index contributed by atoms with van der Waals surface area (Å²) in [6.07, 6.45) is 6.45. The third-order valence-electron chi connectivity index (χ3n) is 4.88. The Bertz CT molecular complexity index is 490. The van der Waals surface area contributed by atoms with Crippen molar-refractivity contribution in [1.82, 2.24) is 4.90 Å². The first kappa shape index (κ1) is 15.1. The molecule has 1 saturated carbocycles. The third-order valence-corrected chi connectivity index (χ3v) is 5.18. The Labute approximate surface area is 132 Å². The van der Waals surface area contributed by atoms with Crippen LogP contribution in [0.1, 0.15) is 43.7 Å². The van der Waals surface area contributed by atoms with Crippen LogP contribution in [-0.2, 0) is 0 Å². The molecule has 2 fully saturated rings. The Balaban J connectivity index is 1.94. The molecule has 1 aliphatic heterocycles. The zero-order valence-corrected chi connectivity index (χ0v) is 13.5. The summed E-state index contributed by atoms with van der Waals surface area (Å²) < 4.78 is 5.28. The van der Waals surface area contributed by atoms with E-state index in [1.807, 2.05) is 6.07 Å². The Morgan fingerprint density at radius 1 is 1.29 bits per heavy atom. The monoisotopic (exact) mass is 308 g/mol. The van der Waals surface area contributed by atoms with Crippen molar-refractivity contribution in [2.24, 2.45) is 11.7 Å². The molecule has 2 N–H and O–H groups in total. The van der Waals surface area contributed by atoms with Gasteiger partial charge in [-0.2, -0.15) is 0 Å². The number of hydrogen-bond acceptors (Lipinski definition) is 3. The minimum Gasteiger partial charge on any atom is -0.495 e. The molecule has 21 heavy (non-hydrogen) atoms. The molecule has 1 aromatic carbocycles. The van der Waals surface area contributed by atoms with E-state index in [1.165, 1.54) is 44.2 Å². The van der Waals surface area contributed by atoms with Gasteiger partial charge in [-0.1, -0.05) is 24.1 Å². The van der Waals surface area contributed by atoms with Crippen LogP contribution in [0.2, 0.25) is 5.02 Å². The number of nitrogens with two attached hydrogens (primary N) is 1. The van der Waals surface area contributed by atoms with Gasteiger partial charge in [0, 0.05) is 12.1 Å². The lowest BCUT2D eigenvalue weighted by molar-refractivity contribution is 0.149. The minimum atomic E-state index is 0.411. The summed E-state index contributed by atoms with van der Waals surface area (Å²) >= 11 is 6.35. The first-order valence-electron chi connectivity index (χ1n) is 8.04. The smallest absolute Gasteiger partial charge is 0.137 e. The summed E-state index contributed by atoms with van der Waals surface area (Å²) in [5.74, 6) is 1.27. The van der Waals surface area contributed by atoms with Gasteiger partial charge in [0.2, 0.25) is 0 Å². The normalized spacial score (nSPS) is 27.4. The molecule has 0 radical (unpaired) electrons. The van der Waals surface area contributed by atoms with E-state index < -0.39 is 0 Å². The van der Waals surface area contributed by atoms with Crippen molar-refractivity contribution < 1.29 is 4.74 Å². The van der Waals surface area contributed by atoms with Crippen LogP contribution in [0.4, 0.5) is 0 Å². The van der Waals surface area contributed by atoms with Crippen LogP contribution in [0.25, 0.3) is 0 Å². The average molecular weight is 309 g/mol. The van der Waals surface area contributed by atoms with Crippen molar-refractivity contribution in [3.8, 4) is 5.75 Å². The van der Waals surface area contributed by atoms with Gasteiger partial charge in [0.05, 0.1) is 12.1 Å². The molecule has 4 heteroatoms. The molecule has 0 aromatic heterocycles. The summed E-state index contributed by atoms with van der Waals surface area (Å²) in [6.45, 7) is 1.94. The number of rotatable bonds is 4. The van der Waals surface area contributed by atoms with Crippen molar-refractivity contribution in [2.45, 2.75) is 44.2 Å². The first-order chi connectivity index (χ1) is 10.2. The SMILES string of the molecule is COc1ccc(C2C(CN)CCCCN2C2CC2)cc1Cl. The zero-order chi connectivity index (χ0) is 14.8. The number of benzene rings is 1. The molecule has 1 heterocycles. The maximum Gasteiger partial charge on any atom is 0.137 e. The molecular formula is C17H25ClN2O. The van der Waals surface area contributed by atoms with Gasteiger partial charge in [0.15, 0.2) is 0 Å². The number of ether oxygens (including phenoxy) is 1. The molecule has 2 unspecified atom stereocenters. The molecule has 2 aliphatic rings. The van der Waals surface area contributed by atoms with E-state index in [1.54, 1.807) is 7.11 Å². The van der Waals surface area contributed by atoms with E-state index >= 15 is 0 Å². The van der Waals surface area contributed by atoms with Crippen molar-refractivity contribution >= 4 is 11.6 Å². The number of halogens is 1. The average Bonchev–Trinajstić information content (AvgIpc) is 3.32. The molecule has 1 aromatic rings. The molecule has 116 valence electrons. The summed E-state index contributed by atoms with van der Waals surface area (Å²) in [6, 6.07) is 7.39. The van der Waals surface area contributed by atoms with Crippen LogP contribution in [0, 0.1) is 5.92 Å². The van der Waals surface area contributed by atoms with E-state index in [4.69, 9.17) is 22.1 Å². The highest BCUT2D eigenvalue weighted by molar-refractivity contribution is 6.32. The van der Waals surface area contributed by atoms with E-state index in [0.717, 1.165) is 18.3 Å². The number of hydrogen-bond donors (Lipinski definition) is 1. The minimum absolute atomic E-state index is 0.411. The summed E-state index contributed by atoms with van der Waals surface area (Å²) in [7, 11) is 1.66. The molecule has 0 bridgehead atoms. The van der Waals surface area contributed by atoms with Crippen molar-refractivity contribution in [3.63, 3.8) is 0 Å². The second kappa shape index (κ2) is 6.55. The van der Waals surface area contributed by atoms with Crippen molar-refractivity contribution in [2.75, 3.05) is 20.2 Å². The highest BCUT2D eigenvalue weighted by Gasteiger charge is 2.38. The summed E-state index contributed by atoms with van der Waals surface area (Å²) in [4.78, 5) is 2.68. The Kier molecular flexibility index (Phi) is 4.72. The number of methoxy groups -OCH3 is 1. The Hall–Kier alpha value is -0.770. The van der Waals surface area contributed by atoms with Crippen LogP contribution in [0.15, 0.2) is 18.2 Å². The molecule has 1 saturated heterocycles. The van der Waals surface area contributed by atoms with Crippen LogP contribution >= 0.6 is 11.6 Å². The zero-order valence-electron chi connectivity index (χ0n) is 12.7. The Morgan fingerprint density at radius 3 is 2.71 bits per heavy atom. The molecular weight excluding hydrogens is 284 g/mol. The molecule has 2 atom stereocenters. The molecule has 3 rings (SSSR count). The fourth-order valence-corrected chi connectivity index (χ4v) is 3.93. The lowest BCUT2D eigenvalue weighted by Crippen LogP contribution is -2.37. The van der Waals surface area contributed by atoms with Crippen LogP contribution in [0.5, 0.6) is 5.75 Å². The van der Waals surface area contributed by atoms with Crippen LogP contribution in [-0.4, -0.2) is 31.1 Å². The largest absolute Gasteiger partial charge is 0.495 e. The quantitative estimate of drug-likeness (QED) is 0.923. The molecule has 3 nitrogen and oxygen atoms in total. The van der Waals surface area contributed by atoms with Gasteiger partial charge in [-0.25, -0.2) is 0 Å². The molecule has 0 amide bonds. The third kappa shape index (κ3) is 3.20. The van der Waals surface area contributed by atoms with E-state index in [0.29, 0.717) is 17.0 Å². The second-order valence-electron chi connectivity index (χ2n) is 6.30. The summed E-state index contributed by atoms with van der Waals surface area (Å²) in [5, 5.41) is 0.700. The predicted octanol–water partition coefficient (Wildman–Crippen LogP) is 3.61. The van der Waals surface area contributed by atoms with Crippen molar-refractivity contribution in [1.29, 1.82) is 0 Å². The van der Waals surface area contributed by atoms with Crippen molar-refractivity contribution in [3.05, 3.63) is 28.8 Å². The van der Waals surface area contributed by atoms with Gasteiger partial charge in [-0.3, -0.25) is 4.90 Å². The van der Waals surface area contributed by atoms with Gasteiger partial charge in [0.1, 0.15) is 5.75 Å². The first-order valence-corrected chi connectivity index (χ1v) is 8.41. The van der Waals surface area contributed by atoms with Gasteiger partial charge in [-0.15, -0.1) is 0 Å². The van der Waals surface area contributed by atoms with Gasteiger partial charge < -0.3 is 10.5 Å². The topological polar surface area (TPSA) is 38.5 Å². The van der Waals surface area contributed by atoms with E-state index in [2.05, 4.69) is 17.0 Å². The number of nitrogens with zero attached hydrogens (tertiary/aromatic N) is 1.